The predicted octanol–water partition coefficient (Wildman–Crippen LogP) is 1.65. The molecule has 0 fully saturated rings. The Balaban J connectivity index is 2.85. The predicted molar refractivity (Wildman–Crippen MR) is 41.4 cm³/mol. The molecule has 0 aliphatic rings. The number of hydrogen-bond donors (Lipinski definition) is 1. The number of H-pyrrole nitrogens is 1. The van der Waals surface area contributed by atoms with E-state index >= 15 is 0 Å². The van der Waals surface area contributed by atoms with E-state index in [4.69, 9.17) is 0 Å². The topological polar surface area (TPSA) is 28.7 Å². The van der Waals surface area contributed by atoms with E-state index in [1.54, 1.807) is 0 Å². The molecule has 3 heteroatoms. The van der Waals surface area contributed by atoms with Crippen molar-refractivity contribution in [2.24, 2.45) is 0 Å². The molecular formula is C6H11N2P. The summed E-state index contributed by atoms with van der Waals surface area (Å²) >= 11 is 0. The number of aromatic amines is 1. The van der Waals surface area contributed by atoms with Crippen LogP contribution in [0.15, 0.2) is 6.07 Å². The molecule has 1 aromatic rings. The van der Waals surface area contributed by atoms with E-state index in [-0.39, 0.29) is 0 Å². The van der Waals surface area contributed by atoms with Gasteiger partial charge in [-0.2, -0.15) is 5.10 Å². The zero-order valence-corrected chi connectivity index (χ0v) is 6.83. The van der Waals surface area contributed by atoms with Crippen molar-refractivity contribution in [1.29, 1.82) is 0 Å². The van der Waals surface area contributed by atoms with Crippen molar-refractivity contribution in [1.82, 2.24) is 10.2 Å². The van der Waals surface area contributed by atoms with Crippen molar-refractivity contribution >= 4 is 9.24 Å². The second kappa shape index (κ2) is 2.49. The third kappa shape index (κ3) is 1.52. The highest BCUT2D eigenvalue weighted by Gasteiger charge is 2.00. The molecule has 0 spiro atoms. The van der Waals surface area contributed by atoms with Crippen molar-refractivity contribution in [2.75, 3.05) is 0 Å². The monoisotopic (exact) mass is 142 g/mol. The first-order chi connectivity index (χ1) is 4.20. The third-order valence-electron chi connectivity index (χ3n) is 1.19. The van der Waals surface area contributed by atoms with Gasteiger partial charge in [-0.15, -0.1) is 9.24 Å². The van der Waals surface area contributed by atoms with Gasteiger partial charge in [0.15, 0.2) is 0 Å². The molecule has 2 atom stereocenters. The highest BCUT2D eigenvalue weighted by atomic mass is 31.0. The standard InChI is InChI=1S/C6H11N2P/c1-4-3-6(5(2)9)8-7-4/h3,5H,9H2,1-2H3,(H,7,8). The first kappa shape index (κ1) is 6.76. The summed E-state index contributed by atoms with van der Waals surface area (Å²) in [6, 6.07) is 2.05. The summed E-state index contributed by atoms with van der Waals surface area (Å²) in [5, 5.41) is 6.96. The lowest BCUT2D eigenvalue weighted by Gasteiger charge is -1.94. The van der Waals surface area contributed by atoms with Crippen molar-refractivity contribution < 1.29 is 0 Å². The van der Waals surface area contributed by atoms with Crippen LogP contribution in [0.5, 0.6) is 0 Å². The average Bonchev–Trinajstić information content (AvgIpc) is 2.14. The first-order valence-corrected chi connectivity index (χ1v) is 3.64. The maximum atomic E-state index is 4.07. The molecule has 1 rings (SSSR count). The van der Waals surface area contributed by atoms with Crippen LogP contribution in [-0.4, -0.2) is 10.2 Å². The van der Waals surface area contributed by atoms with Gasteiger partial charge >= 0.3 is 0 Å². The summed E-state index contributed by atoms with van der Waals surface area (Å²) in [7, 11) is 2.70. The maximum absolute atomic E-state index is 4.07. The molecule has 0 saturated heterocycles. The van der Waals surface area contributed by atoms with Gasteiger partial charge in [0.2, 0.25) is 0 Å². The van der Waals surface area contributed by atoms with Gasteiger partial charge in [0.25, 0.3) is 0 Å². The Morgan fingerprint density at radius 2 is 2.44 bits per heavy atom. The zero-order chi connectivity index (χ0) is 6.85. The minimum absolute atomic E-state index is 0.454. The molecule has 9 heavy (non-hydrogen) atoms. The molecule has 0 bridgehead atoms. The molecule has 2 nitrogen and oxygen atoms in total. The zero-order valence-electron chi connectivity index (χ0n) is 5.68. The van der Waals surface area contributed by atoms with Crippen molar-refractivity contribution in [3.05, 3.63) is 17.5 Å². The fraction of sp³-hybridized carbons (Fsp3) is 0.500. The molecular weight excluding hydrogens is 131 g/mol. The Hall–Kier alpha value is -0.360. The van der Waals surface area contributed by atoms with Gasteiger partial charge in [-0.05, 0) is 13.0 Å². The lowest BCUT2D eigenvalue weighted by atomic mass is 10.3. The van der Waals surface area contributed by atoms with Gasteiger partial charge in [0.1, 0.15) is 0 Å². The summed E-state index contributed by atoms with van der Waals surface area (Å²) < 4.78 is 0. The van der Waals surface area contributed by atoms with Crippen molar-refractivity contribution in [3.63, 3.8) is 0 Å². The Kier molecular flexibility index (Phi) is 1.87. The van der Waals surface area contributed by atoms with E-state index in [1.165, 1.54) is 0 Å². The van der Waals surface area contributed by atoms with E-state index in [1.807, 2.05) is 6.92 Å². The van der Waals surface area contributed by atoms with Gasteiger partial charge in [-0.25, -0.2) is 0 Å². The number of nitrogens with one attached hydrogen (secondary N) is 1. The van der Waals surface area contributed by atoms with E-state index in [0.29, 0.717) is 5.66 Å². The van der Waals surface area contributed by atoms with Gasteiger partial charge in [0.05, 0.1) is 5.69 Å². The number of rotatable bonds is 1. The van der Waals surface area contributed by atoms with E-state index in [2.05, 4.69) is 32.4 Å². The quantitative estimate of drug-likeness (QED) is 0.593. The fourth-order valence-corrected chi connectivity index (χ4v) is 0.843. The molecule has 0 amide bonds. The minimum atomic E-state index is 0.454. The Morgan fingerprint density at radius 1 is 1.78 bits per heavy atom. The smallest absolute Gasteiger partial charge is 0.0690 e. The number of hydrogen-bond acceptors (Lipinski definition) is 1. The molecule has 0 aromatic carbocycles. The van der Waals surface area contributed by atoms with Crippen LogP contribution < -0.4 is 0 Å². The Labute approximate surface area is 57.3 Å². The Bertz CT molecular complexity index is 193. The van der Waals surface area contributed by atoms with Crippen LogP contribution in [0.4, 0.5) is 0 Å². The largest absolute Gasteiger partial charge is 0.283 e. The van der Waals surface area contributed by atoms with Crippen LogP contribution in [0, 0.1) is 6.92 Å². The van der Waals surface area contributed by atoms with Crippen LogP contribution >= 0.6 is 9.24 Å². The average molecular weight is 142 g/mol. The van der Waals surface area contributed by atoms with E-state index in [9.17, 15) is 0 Å². The van der Waals surface area contributed by atoms with Crippen LogP contribution in [0.3, 0.4) is 0 Å². The SMILES string of the molecule is Cc1cc(C(C)P)n[nH]1. The normalized spacial score (nSPS) is 13.7. The van der Waals surface area contributed by atoms with E-state index < -0.39 is 0 Å². The first-order valence-electron chi connectivity index (χ1n) is 2.97. The lowest BCUT2D eigenvalue weighted by Crippen LogP contribution is -1.81. The molecule has 2 unspecified atom stereocenters. The molecule has 1 aromatic heterocycles. The van der Waals surface area contributed by atoms with Crippen LogP contribution in [0.25, 0.3) is 0 Å². The van der Waals surface area contributed by atoms with Gasteiger partial charge < -0.3 is 0 Å². The van der Waals surface area contributed by atoms with Gasteiger partial charge in [-0.3, -0.25) is 5.10 Å². The highest BCUT2D eigenvalue weighted by molar-refractivity contribution is 7.17. The second-order valence-electron chi connectivity index (χ2n) is 2.26. The third-order valence-corrected chi connectivity index (χ3v) is 1.53. The molecule has 0 radical (unpaired) electrons. The number of aryl methyl sites for hydroxylation is 1. The lowest BCUT2D eigenvalue weighted by molar-refractivity contribution is 0.948. The van der Waals surface area contributed by atoms with Crippen molar-refractivity contribution in [2.45, 2.75) is 19.5 Å². The molecule has 1 heterocycles. The minimum Gasteiger partial charge on any atom is -0.283 e. The molecule has 50 valence electrons. The van der Waals surface area contributed by atoms with Gasteiger partial charge in [-0.1, -0.05) is 6.92 Å². The summed E-state index contributed by atoms with van der Waals surface area (Å²) in [4.78, 5) is 0. The van der Waals surface area contributed by atoms with Crippen LogP contribution in [0.1, 0.15) is 24.0 Å². The highest BCUT2D eigenvalue weighted by Crippen LogP contribution is 2.19. The second-order valence-corrected chi connectivity index (χ2v) is 3.26. The summed E-state index contributed by atoms with van der Waals surface area (Å²) in [6.07, 6.45) is 0. The summed E-state index contributed by atoms with van der Waals surface area (Å²) in [5.74, 6) is 0. The summed E-state index contributed by atoms with van der Waals surface area (Å²) in [6.45, 7) is 4.10. The van der Waals surface area contributed by atoms with Crippen molar-refractivity contribution in [3.8, 4) is 0 Å². The molecule has 0 saturated carbocycles. The van der Waals surface area contributed by atoms with Crippen LogP contribution in [0.2, 0.25) is 0 Å². The molecule has 0 aliphatic carbocycles. The summed E-state index contributed by atoms with van der Waals surface area (Å²) in [5.41, 5.74) is 2.69. The van der Waals surface area contributed by atoms with Crippen LogP contribution in [-0.2, 0) is 0 Å². The van der Waals surface area contributed by atoms with E-state index in [0.717, 1.165) is 11.4 Å². The number of nitrogens with zero attached hydrogens (tertiary/aromatic N) is 1. The molecule has 0 aliphatic heterocycles. The molecule has 1 N–H and O–H groups in total. The number of aromatic nitrogens is 2. The Morgan fingerprint density at radius 3 is 2.67 bits per heavy atom. The maximum Gasteiger partial charge on any atom is 0.0690 e. The fourth-order valence-electron chi connectivity index (χ4n) is 0.672. The van der Waals surface area contributed by atoms with Gasteiger partial charge in [0, 0.05) is 11.4 Å².